The van der Waals surface area contributed by atoms with Gasteiger partial charge in [-0.1, -0.05) is 73.3 Å². The number of ether oxygens (including phenoxy) is 8. The van der Waals surface area contributed by atoms with Gasteiger partial charge in [-0.2, -0.15) is 0 Å². The second-order valence-corrected chi connectivity index (χ2v) is 6.69. The van der Waals surface area contributed by atoms with E-state index < -0.39 is 60.7 Å². The molecule has 3 unspecified atom stereocenters. The van der Waals surface area contributed by atoms with Gasteiger partial charge in [0, 0.05) is 14.2 Å². The lowest BCUT2D eigenvalue weighted by molar-refractivity contribution is -0.191. The van der Waals surface area contributed by atoms with Gasteiger partial charge in [-0.3, -0.25) is 0 Å². The molecule has 0 spiro atoms. The van der Waals surface area contributed by atoms with Gasteiger partial charge in [0.05, 0.1) is 19.8 Å². The van der Waals surface area contributed by atoms with Gasteiger partial charge in [0.15, 0.2) is 32.0 Å². The number of cyclic esters (lactones) is 4. The topological polar surface area (TPSA) is 217 Å². The van der Waals surface area contributed by atoms with Gasteiger partial charge in [0.1, 0.15) is 12.7 Å². The lowest BCUT2D eigenvalue weighted by atomic mass is 10.3. The summed E-state index contributed by atoms with van der Waals surface area (Å²) >= 11 is 0. The summed E-state index contributed by atoms with van der Waals surface area (Å²) in [5.41, 5.74) is 0. The molecule has 47 heavy (non-hydrogen) atoms. The van der Waals surface area contributed by atoms with E-state index in [2.05, 4.69) is 37.9 Å². The van der Waals surface area contributed by atoms with Crippen LogP contribution in [0, 0.1) is 0 Å². The summed E-state index contributed by atoms with van der Waals surface area (Å²) in [4.78, 5) is 63.0. The van der Waals surface area contributed by atoms with E-state index in [1.54, 1.807) is 7.11 Å². The van der Waals surface area contributed by atoms with Crippen LogP contribution in [0.2, 0.25) is 0 Å². The summed E-state index contributed by atoms with van der Waals surface area (Å²) in [5, 5.41) is 16.6. The van der Waals surface area contributed by atoms with Crippen LogP contribution in [0.5, 0.6) is 0 Å². The van der Waals surface area contributed by atoms with Crippen LogP contribution in [0.1, 0.15) is 94.0 Å². The molecule has 292 valence electrons. The number of methoxy groups -OCH3 is 2. The molecule has 0 aliphatic carbocycles. The Morgan fingerprint density at radius 3 is 1.34 bits per heavy atom. The molecule has 2 rings (SSSR count). The van der Waals surface area contributed by atoms with Crippen molar-refractivity contribution < 1.29 is 76.9 Å². The van der Waals surface area contributed by atoms with E-state index in [4.69, 9.17) is 10.2 Å². The third-order valence-electron chi connectivity index (χ3n) is 3.47. The Hall–Kier alpha value is -3.34. The zero-order chi connectivity index (χ0) is 30.8. The van der Waals surface area contributed by atoms with E-state index >= 15 is 0 Å². The molecule has 2 heterocycles. The van der Waals surface area contributed by atoms with Crippen LogP contribution < -0.4 is 0 Å². The predicted octanol–water partition coefficient (Wildman–Crippen LogP) is 3.79. The van der Waals surface area contributed by atoms with E-state index in [1.807, 2.05) is 13.8 Å². The van der Waals surface area contributed by atoms with Gasteiger partial charge in [-0.25, -0.2) is 28.8 Å². The standard InChI is InChI=1S/C8H14O6.C6H8O4.C4H4O4.C3H8O2.C2H6.8CH4/c1-6(9)8(11)14-5-7(10)13-4-3-12-2;1-3-5(7)10-4(2)6(8)9-3;5-3-1-7-4(6)2-8-3;1-5-3-2-4;1-2;;;;;;;;/h6,9H,3-5H2,1-2H3;3-4H,1-2H3;1-2H2;4H,2-3H2,1H3;1-2H3;8*1H4. The fourth-order valence-electron chi connectivity index (χ4n) is 1.62. The van der Waals surface area contributed by atoms with Crippen LogP contribution >= 0.6 is 0 Å². The molecule has 0 saturated carbocycles. The van der Waals surface area contributed by atoms with Gasteiger partial charge in [-0.15, -0.1) is 0 Å². The summed E-state index contributed by atoms with van der Waals surface area (Å²) < 4.78 is 35.8. The SMILES string of the molecule is C.C.C.C.C.C.C.C.CC.CC1OC(=O)C(C)OC1=O.COCCO.COCCOC(=O)COC(=O)C(C)O.O=C1COC(=O)CO1. The number of carbonyl (C=O) groups excluding carboxylic acids is 6. The Balaban J connectivity index is -0.0000000395. The number of aliphatic hydroxyl groups excluding tert-OH is 2. The molecule has 0 aromatic carbocycles. The minimum absolute atomic E-state index is 0. The van der Waals surface area contributed by atoms with Crippen LogP contribution in [0.4, 0.5) is 0 Å². The molecule has 3 atom stereocenters. The fourth-order valence-corrected chi connectivity index (χ4v) is 1.62. The van der Waals surface area contributed by atoms with Gasteiger partial charge < -0.3 is 48.1 Å². The molecule has 0 aromatic rings. The molecule has 0 amide bonds. The molecule has 2 fully saturated rings. The summed E-state index contributed by atoms with van der Waals surface area (Å²) in [6.07, 6.45) is -2.73. The van der Waals surface area contributed by atoms with Crippen molar-refractivity contribution in [1.82, 2.24) is 0 Å². The highest BCUT2D eigenvalue weighted by Crippen LogP contribution is 2.08. The smallest absolute Gasteiger partial charge is 0.347 e. The minimum Gasteiger partial charge on any atom is -0.461 e. The summed E-state index contributed by atoms with van der Waals surface area (Å²) in [6, 6.07) is 0. The average molecular weight is 701 g/mol. The van der Waals surface area contributed by atoms with Crippen LogP contribution in [-0.4, -0.2) is 125 Å². The number of rotatable bonds is 8. The highest BCUT2D eigenvalue weighted by atomic mass is 16.6. The second kappa shape index (κ2) is 49.5. The Labute approximate surface area is 285 Å². The van der Waals surface area contributed by atoms with E-state index in [0.717, 1.165) is 0 Å². The van der Waals surface area contributed by atoms with Crippen LogP contribution in [-0.2, 0) is 66.7 Å². The van der Waals surface area contributed by atoms with E-state index in [9.17, 15) is 28.8 Å². The third-order valence-corrected chi connectivity index (χ3v) is 3.47. The molecule has 2 N–H and O–H groups in total. The van der Waals surface area contributed by atoms with Crippen LogP contribution in [0.25, 0.3) is 0 Å². The minimum atomic E-state index is -1.23. The number of hydrogen-bond acceptors (Lipinski definition) is 16. The van der Waals surface area contributed by atoms with Crippen LogP contribution in [0.15, 0.2) is 0 Å². The van der Waals surface area contributed by atoms with Crippen molar-refractivity contribution in [3.8, 4) is 0 Å². The second-order valence-electron chi connectivity index (χ2n) is 6.69. The molecule has 16 heteroatoms. The molecular formula is C31H72O16. The van der Waals surface area contributed by atoms with Gasteiger partial charge in [0.25, 0.3) is 0 Å². The Kier molecular flexibility index (Phi) is 78.5. The van der Waals surface area contributed by atoms with Crippen molar-refractivity contribution in [2.24, 2.45) is 0 Å². The zero-order valence-corrected chi connectivity index (χ0v) is 23.3. The normalized spacial score (nSPS) is 14.9. The van der Waals surface area contributed by atoms with Crippen LogP contribution in [0.3, 0.4) is 0 Å². The highest BCUT2D eigenvalue weighted by Gasteiger charge is 2.32. The lowest BCUT2D eigenvalue weighted by Gasteiger charge is -2.22. The first-order valence-corrected chi connectivity index (χ1v) is 11.7. The highest BCUT2D eigenvalue weighted by molar-refractivity contribution is 5.86. The largest absolute Gasteiger partial charge is 0.461 e. The van der Waals surface area contributed by atoms with Gasteiger partial charge in [0.2, 0.25) is 0 Å². The van der Waals surface area contributed by atoms with Crippen molar-refractivity contribution in [1.29, 1.82) is 0 Å². The predicted molar refractivity (Wildman–Crippen MR) is 183 cm³/mol. The molecule has 2 saturated heterocycles. The van der Waals surface area contributed by atoms with Crippen molar-refractivity contribution in [2.45, 2.75) is 112 Å². The van der Waals surface area contributed by atoms with Crippen molar-refractivity contribution in [3.05, 3.63) is 0 Å². The molecular weight excluding hydrogens is 628 g/mol. The Morgan fingerprint density at radius 1 is 0.723 bits per heavy atom. The van der Waals surface area contributed by atoms with Gasteiger partial charge >= 0.3 is 35.8 Å². The monoisotopic (exact) mass is 700 g/mol. The molecule has 0 bridgehead atoms. The third kappa shape index (κ3) is 47.2. The van der Waals surface area contributed by atoms with E-state index in [1.165, 1.54) is 27.9 Å². The zero-order valence-electron chi connectivity index (χ0n) is 23.3. The maximum atomic E-state index is 10.8. The summed E-state index contributed by atoms with van der Waals surface area (Å²) in [6.45, 7) is 8.20. The quantitative estimate of drug-likeness (QED) is 0.209. The van der Waals surface area contributed by atoms with E-state index in [0.29, 0.717) is 6.61 Å². The first kappa shape index (κ1) is 74.5. The van der Waals surface area contributed by atoms with Crippen molar-refractivity contribution in [2.75, 3.05) is 60.5 Å². The van der Waals surface area contributed by atoms with Crippen molar-refractivity contribution >= 4 is 35.8 Å². The average Bonchev–Trinajstić information content (AvgIpc) is 2.91. The Morgan fingerprint density at radius 2 is 1.09 bits per heavy atom. The van der Waals surface area contributed by atoms with Gasteiger partial charge in [-0.05, 0) is 20.8 Å². The summed E-state index contributed by atoms with van der Waals surface area (Å²) in [5.74, 6) is -3.45. The first-order chi connectivity index (χ1) is 18.4. The molecule has 0 radical (unpaired) electrons. The van der Waals surface area contributed by atoms with Crippen molar-refractivity contribution in [3.63, 3.8) is 0 Å². The number of hydrogen-bond donors (Lipinski definition) is 2. The molecule has 16 nitrogen and oxygen atoms in total. The molecule has 2 aliphatic rings. The maximum Gasteiger partial charge on any atom is 0.347 e. The fraction of sp³-hybridized carbons (Fsp3) is 0.806. The number of esters is 6. The van der Waals surface area contributed by atoms with E-state index in [-0.39, 0.29) is 92.4 Å². The number of carbonyl (C=O) groups is 6. The maximum absolute atomic E-state index is 10.8. The molecule has 2 aliphatic heterocycles. The Bertz CT molecular complexity index is 676. The lowest BCUT2D eigenvalue weighted by Crippen LogP contribution is -2.40. The summed E-state index contributed by atoms with van der Waals surface area (Å²) in [7, 11) is 3.03. The first-order valence-electron chi connectivity index (χ1n) is 11.7. The molecule has 0 aromatic heterocycles. The number of aliphatic hydroxyl groups is 2.